The number of anilines is 1. The number of benzene rings is 1. The monoisotopic (exact) mass is 258 g/mol. The van der Waals surface area contributed by atoms with E-state index in [-0.39, 0.29) is 11.3 Å². The Morgan fingerprint density at radius 1 is 1.37 bits per heavy atom. The molecule has 0 saturated heterocycles. The minimum Gasteiger partial charge on any atom is -0.399 e. The predicted molar refractivity (Wildman–Crippen MR) is 76.7 cm³/mol. The molecule has 0 aromatic heterocycles. The quantitative estimate of drug-likeness (QED) is 0.843. The highest BCUT2D eigenvalue weighted by atomic mass is 16.2. The van der Waals surface area contributed by atoms with Gasteiger partial charge < -0.3 is 10.6 Å². The Bertz CT molecular complexity index is 490. The molecule has 3 heteroatoms. The molecule has 2 aliphatic carbocycles. The molecule has 0 aliphatic heterocycles. The molecule has 2 saturated carbocycles. The van der Waals surface area contributed by atoms with Crippen LogP contribution >= 0.6 is 0 Å². The summed E-state index contributed by atoms with van der Waals surface area (Å²) in [7, 11) is 1.95. The first-order chi connectivity index (χ1) is 9.03. The van der Waals surface area contributed by atoms with E-state index in [2.05, 4.69) is 6.92 Å². The van der Waals surface area contributed by atoms with Gasteiger partial charge in [0.25, 0.3) is 0 Å². The minimum atomic E-state index is -0.249. The molecule has 2 N–H and O–H groups in total. The third-order valence-electron chi connectivity index (χ3n) is 4.75. The molecule has 3 nitrogen and oxygen atoms in total. The highest BCUT2D eigenvalue weighted by Crippen LogP contribution is 2.50. The molecule has 2 aliphatic rings. The van der Waals surface area contributed by atoms with E-state index < -0.39 is 0 Å². The zero-order valence-corrected chi connectivity index (χ0v) is 11.7. The van der Waals surface area contributed by atoms with Crippen LogP contribution < -0.4 is 5.73 Å². The Hall–Kier alpha value is -1.51. The van der Waals surface area contributed by atoms with E-state index in [4.69, 9.17) is 5.73 Å². The summed E-state index contributed by atoms with van der Waals surface area (Å²) in [6.45, 7) is 3.17. The number of hydrogen-bond acceptors (Lipinski definition) is 2. The van der Waals surface area contributed by atoms with Gasteiger partial charge in [-0.15, -0.1) is 0 Å². The van der Waals surface area contributed by atoms with Gasteiger partial charge in [0, 0.05) is 19.3 Å². The Kier molecular flexibility index (Phi) is 2.80. The van der Waals surface area contributed by atoms with E-state index in [0.29, 0.717) is 0 Å². The maximum atomic E-state index is 12.7. The first kappa shape index (κ1) is 12.5. The summed E-state index contributed by atoms with van der Waals surface area (Å²) in [6.07, 6.45) is 3.22. The van der Waals surface area contributed by atoms with Crippen LogP contribution in [0.25, 0.3) is 0 Å². The van der Waals surface area contributed by atoms with E-state index in [9.17, 15) is 4.79 Å². The van der Waals surface area contributed by atoms with Gasteiger partial charge >= 0.3 is 0 Å². The van der Waals surface area contributed by atoms with Crippen LogP contribution in [0.3, 0.4) is 0 Å². The number of nitrogens with zero attached hydrogens (tertiary/aromatic N) is 1. The second-order valence-electron chi connectivity index (χ2n) is 6.36. The van der Waals surface area contributed by atoms with Crippen LogP contribution in [0.5, 0.6) is 0 Å². The maximum Gasteiger partial charge on any atom is 0.232 e. The predicted octanol–water partition coefficient (Wildman–Crippen LogP) is 2.41. The van der Waals surface area contributed by atoms with Gasteiger partial charge in [-0.2, -0.15) is 0 Å². The molecule has 2 unspecified atom stereocenters. The summed E-state index contributed by atoms with van der Waals surface area (Å²) in [5, 5.41) is 0. The van der Waals surface area contributed by atoms with Crippen molar-refractivity contribution in [1.29, 1.82) is 0 Å². The lowest BCUT2D eigenvalue weighted by Gasteiger charge is -2.24. The third kappa shape index (κ3) is 2.22. The standard InChI is InChI=1S/C16H22N2O/c1-11-9-12(11)10-18(2)15(19)16(7-8-16)13-3-5-14(17)6-4-13/h3-6,11-12H,7-10,17H2,1-2H3. The van der Waals surface area contributed by atoms with Crippen molar-refractivity contribution in [3.05, 3.63) is 29.8 Å². The number of amides is 1. The van der Waals surface area contributed by atoms with Crippen molar-refractivity contribution in [2.24, 2.45) is 11.8 Å². The van der Waals surface area contributed by atoms with Crippen LogP contribution in [0.2, 0.25) is 0 Å². The van der Waals surface area contributed by atoms with E-state index >= 15 is 0 Å². The fraction of sp³-hybridized carbons (Fsp3) is 0.562. The maximum absolute atomic E-state index is 12.7. The van der Waals surface area contributed by atoms with E-state index in [1.807, 2.05) is 36.2 Å². The van der Waals surface area contributed by atoms with Crippen LogP contribution in [0, 0.1) is 11.8 Å². The summed E-state index contributed by atoms with van der Waals surface area (Å²) < 4.78 is 0. The van der Waals surface area contributed by atoms with Gasteiger partial charge in [-0.25, -0.2) is 0 Å². The molecule has 0 bridgehead atoms. The summed E-state index contributed by atoms with van der Waals surface area (Å²) in [5.74, 6) is 1.80. The van der Waals surface area contributed by atoms with Gasteiger partial charge in [-0.3, -0.25) is 4.79 Å². The topological polar surface area (TPSA) is 46.3 Å². The van der Waals surface area contributed by atoms with Gasteiger partial charge in [0.05, 0.1) is 5.41 Å². The van der Waals surface area contributed by atoms with Gasteiger partial charge in [0.1, 0.15) is 0 Å². The second-order valence-corrected chi connectivity index (χ2v) is 6.36. The van der Waals surface area contributed by atoms with Crippen molar-refractivity contribution >= 4 is 11.6 Å². The molecule has 0 radical (unpaired) electrons. The van der Waals surface area contributed by atoms with Crippen LogP contribution in [0.15, 0.2) is 24.3 Å². The fourth-order valence-corrected chi connectivity index (χ4v) is 3.01. The van der Waals surface area contributed by atoms with Crippen molar-refractivity contribution in [3.63, 3.8) is 0 Å². The SMILES string of the molecule is CC1CC1CN(C)C(=O)C1(c2ccc(N)cc2)CC1. The van der Waals surface area contributed by atoms with Gasteiger partial charge in [-0.1, -0.05) is 19.1 Å². The number of nitrogens with two attached hydrogens (primary N) is 1. The molecule has 0 spiro atoms. The van der Waals surface area contributed by atoms with Gasteiger partial charge in [0.2, 0.25) is 5.91 Å². The number of carbonyl (C=O) groups excluding carboxylic acids is 1. The molecule has 3 rings (SSSR count). The largest absolute Gasteiger partial charge is 0.399 e. The number of rotatable bonds is 4. The smallest absolute Gasteiger partial charge is 0.232 e. The van der Waals surface area contributed by atoms with Crippen LogP contribution in [0.4, 0.5) is 5.69 Å². The highest BCUT2D eigenvalue weighted by molar-refractivity contribution is 5.91. The number of hydrogen-bond donors (Lipinski definition) is 1. The van der Waals surface area contributed by atoms with Crippen molar-refractivity contribution in [2.45, 2.75) is 31.6 Å². The molecule has 1 aromatic rings. The zero-order chi connectivity index (χ0) is 13.6. The number of likely N-dealkylation sites (N-methyl/N-ethyl adjacent to an activating group) is 1. The van der Waals surface area contributed by atoms with Crippen molar-refractivity contribution < 1.29 is 4.79 Å². The van der Waals surface area contributed by atoms with E-state index in [1.165, 1.54) is 6.42 Å². The molecule has 102 valence electrons. The van der Waals surface area contributed by atoms with Crippen LogP contribution in [-0.2, 0) is 10.2 Å². The molecule has 1 amide bonds. The Morgan fingerprint density at radius 3 is 2.42 bits per heavy atom. The lowest BCUT2D eigenvalue weighted by atomic mass is 9.94. The molecule has 2 atom stereocenters. The average molecular weight is 258 g/mol. The van der Waals surface area contributed by atoms with Crippen LogP contribution in [0.1, 0.15) is 31.7 Å². The lowest BCUT2D eigenvalue weighted by molar-refractivity contribution is -0.132. The summed E-state index contributed by atoms with van der Waals surface area (Å²) in [4.78, 5) is 14.6. The molecule has 19 heavy (non-hydrogen) atoms. The zero-order valence-electron chi connectivity index (χ0n) is 11.7. The van der Waals surface area contributed by atoms with Crippen molar-refractivity contribution in [3.8, 4) is 0 Å². The molecule has 2 fully saturated rings. The normalized spacial score (nSPS) is 26.8. The van der Waals surface area contributed by atoms with Crippen LogP contribution in [-0.4, -0.2) is 24.4 Å². The molecule has 1 aromatic carbocycles. The second kappa shape index (κ2) is 4.26. The lowest BCUT2D eigenvalue weighted by Crippen LogP contribution is -2.37. The third-order valence-corrected chi connectivity index (χ3v) is 4.75. The van der Waals surface area contributed by atoms with Crippen molar-refractivity contribution in [1.82, 2.24) is 4.90 Å². The molecular formula is C16H22N2O. The Balaban J connectivity index is 1.73. The number of carbonyl (C=O) groups is 1. The van der Waals surface area contributed by atoms with Crippen molar-refractivity contribution in [2.75, 3.05) is 19.3 Å². The van der Waals surface area contributed by atoms with Gasteiger partial charge in [0.15, 0.2) is 0 Å². The van der Waals surface area contributed by atoms with Gasteiger partial charge in [-0.05, 0) is 48.8 Å². The van der Waals surface area contributed by atoms with E-state index in [0.717, 1.165) is 42.5 Å². The molecular weight excluding hydrogens is 236 g/mol. The Morgan fingerprint density at radius 2 is 1.95 bits per heavy atom. The fourth-order valence-electron chi connectivity index (χ4n) is 3.01. The van der Waals surface area contributed by atoms with E-state index in [1.54, 1.807) is 0 Å². The first-order valence-corrected chi connectivity index (χ1v) is 7.14. The molecule has 0 heterocycles. The highest BCUT2D eigenvalue weighted by Gasteiger charge is 2.53. The Labute approximate surface area is 114 Å². The summed E-state index contributed by atoms with van der Waals surface area (Å²) in [6, 6.07) is 7.80. The minimum absolute atomic E-state index is 0.249. The first-order valence-electron chi connectivity index (χ1n) is 7.14. The summed E-state index contributed by atoms with van der Waals surface area (Å²) in [5.41, 5.74) is 7.35. The summed E-state index contributed by atoms with van der Waals surface area (Å²) >= 11 is 0. The number of nitrogen functional groups attached to an aromatic ring is 1. The average Bonchev–Trinajstić information content (AvgIpc) is 3.28.